The molecule has 0 bridgehead atoms. The van der Waals surface area contributed by atoms with Crippen molar-refractivity contribution < 1.29 is 27.8 Å². The number of aliphatic hydroxyl groups is 1. The second-order valence-electron chi connectivity index (χ2n) is 9.73. The van der Waals surface area contributed by atoms with Gasteiger partial charge in [0.05, 0.1) is 23.8 Å². The van der Waals surface area contributed by atoms with Crippen molar-refractivity contribution in [3.05, 3.63) is 72.1 Å². The number of pyridine rings is 1. The number of fused-ring (bicyclic) bond motifs is 1. The Balaban J connectivity index is 1.31. The molecule has 208 valence electrons. The molecule has 42 heavy (non-hydrogen) atoms. The first-order valence-corrected chi connectivity index (χ1v) is 12.7. The molecule has 0 atom stereocenters. The quantitative estimate of drug-likeness (QED) is 0.279. The fourth-order valence-corrected chi connectivity index (χ4v) is 4.46. The van der Waals surface area contributed by atoms with Crippen LogP contribution in [0.1, 0.15) is 35.7 Å². The highest BCUT2D eigenvalue weighted by Gasteiger charge is 2.36. The predicted molar refractivity (Wildman–Crippen MR) is 146 cm³/mol. The van der Waals surface area contributed by atoms with Crippen molar-refractivity contribution in [2.24, 2.45) is 0 Å². The average molecular weight is 569 g/mol. The molecule has 0 saturated heterocycles. The molecule has 15 heteroatoms. The summed E-state index contributed by atoms with van der Waals surface area (Å²) in [5.41, 5.74) is -0.563. The van der Waals surface area contributed by atoms with Crippen molar-refractivity contribution >= 4 is 26.7 Å². The van der Waals surface area contributed by atoms with Gasteiger partial charge in [0.1, 0.15) is 40.0 Å². The van der Waals surface area contributed by atoms with Crippen LogP contribution in [0.3, 0.4) is 0 Å². The Morgan fingerprint density at radius 3 is 2.43 bits per heavy atom. The summed E-state index contributed by atoms with van der Waals surface area (Å²) in [6.45, 7) is 0.0419. The van der Waals surface area contributed by atoms with Crippen LogP contribution in [0, 0.1) is 0 Å². The molecule has 4 aromatic heterocycles. The molecule has 0 unspecified atom stereocenters. The van der Waals surface area contributed by atoms with Crippen molar-refractivity contribution in [2.75, 3.05) is 7.11 Å². The third kappa shape index (κ3) is 5.39. The third-order valence-corrected chi connectivity index (χ3v) is 6.62. The molecular weight excluding hydrogens is 549 g/mol. The van der Waals surface area contributed by atoms with E-state index in [1.807, 2.05) is 0 Å². The monoisotopic (exact) mass is 569 g/mol. The van der Waals surface area contributed by atoms with Crippen molar-refractivity contribution in [1.29, 1.82) is 0 Å². The maximum atomic E-state index is 13.3. The van der Waals surface area contributed by atoms with E-state index in [2.05, 4.69) is 29.9 Å². The van der Waals surface area contributed by atoms with Gasteiger partial charge < -0.3 is 19.1 Å². The van der Waals surface area contributed by atoms with E-state index in [1.54, 1.807) is 30.5 Å². The zero-order valence-electron chi connectivity index (χ0n) is 22.1. The lowest BCUT2D eigenvalue weighted by atomic mass is 9.73. The van der Waals surface area contributed by atoms with Gasteiger partial charge in [0, 0.05) is 23.9 Å². The summed E-state index contributed by atoms with van der Waals surface area (Å²) < 4.78 is 52.1. The molecule has 1 N–H and O–H groups in total. The molecule has 5 aromatic rings. The van der Waals surface area contributed by atoms with Crippen LogP contribution >= 0.6 is 0 Å². The lowest BCUT2D eigenvalue weighted by Gasteiger charge is -2.23. The highest BCUT2D eigenvalue weighted by atomic mass is 19.4. The fraction of sp³-hybridized carbons (Fsp3) is 0.259. The summed E-state index contributed by atoms with van der Waals surface area (Å²) in [6.07, 6.45) is 0.838. The number of imidazole rings is 1. The number of hydrogen-bond donors (Lipinski definition) is 1. The molecule has 0 amide bonds. The Morgan fingerprint density at radius 1 is 1.00 bits per heavy atom. The van der Waals surface area contributed by atoms with Crippen LogP contribution in [-0.4, -0.2) is 62.4 Å². The Hall–Kier alpha value is -4.52. The van der Waals surface area contributed by atoms with Gasteiger partial charge in [-0.2, -0.15) is 18.2 Å². The van der Waals surface area contributed by atoms with E-state index >= 15 is 0 Å². The zero-order valence-corrected chi connectivity index (χ0v) is 22.1. The lowest BCUT2D eigenvalue weighted by molar-refractivity contribution is -0.141. The maximum Gasteiger partial charge on any atom is 0.434 e. The number of alkyl halides is 3. The molecular formula is C27H20B2F3N7O3. The van der Waals surface area contributed by atoms with Crippen LogP contribution in [0.5, 0.6) is 11.8 Å². The molecule has 1 aliphatic carbocycles. The number of aromatic nitrogens is 7. The summed E-state index contributed by atoms with van der Waals surface area (Å²) in [7, 11) is 12.5. The number of benzene rings is 1. The van der Waals surface area contributed by atoms with Gasteiger partial charge in [-0.05, 0) is 30.5 Å². The van der Waals surface area contributed by atoms with Crippen LogP contribution in [0.25, 0.3) is 33.8 Å². The van der Waals surface area contributed by atoms with Crippen LogP contribution in [0.15, 0.2) is 55.1 Å². The molecule has 10 nitrogen and oxygen atoms in total. The van der Waals surface area contributed by atoms with E-state index in [0.29, 0.717) is 44.6 Å². The Kier molecular flexibility index (Phi) is 6.84. The maximum absolute atomic E-state index is 13.3. The third-order valence-electron chi connectivity index (χ3n) is 6.62. The average Bonchev–Trinajstić information content (AvgIpc) is 3.70. The first-order valence-electron chi connectivity index (χ1n) is 12.7. The summed E-state index contributed by atoms with van der Waals surface area (Å²) in [5, 5.41) is 10.0. The second kappa shape index (κ2) is 10.4. The van der Waals surface area contributed by atoms with Crippen molar-refractivity contribution in [3.63, 3.8) is 0 Å². The Labute approximate surface area is 239 Å². The summed E-state index contributed by atoms with van der Waals surface area (Å²) >= 11 is 0. The van der Waals surface area contributed by atoms with Gasteiger partial charge in [-0.3, -0.25) is 0 Å². The topological polar surface area (TPSA) is 121 Å². The van der Waals surface area contributed by atoms with Crippen LogP contribution in [0.4, 0.5) is 13.2 Å². The zero-order chi connectivity index (χ0) is 29.6. The summed E-state index contributed by atoms with van der Waals surface area (Å²) in [6, 6.07) is 9.82. The van der Waals surface area contributed by atoms with Crippen molar-refractivity contribution in [2.45, 2.75) is 37.1 Å². The first-order chi connectivity index (χ1) is 20.0. The standard InChI is InChI=1S/C27H20B2F3N7O3/c1-41-24-19(20(15-8-9-15)34-13-35-24)22-36-17-3-2-10-33-21(17)25(38-22)42-12-14-4-6-16(7-5-14)23-37-18(26(30,31)32)11-39(23)27(28,29)40/h2-7,10-11,13,15,40H,8-9,12H2,1H3. The number of methoxy groups -OCH3 is 1. The molecule has 6 rings (SSSR count). The SMILES string of the molecule is [B]C([B])(O)n1cc(C(F)(F)F)nc1-c1ccc(COc2nc(-c3c(OC)ncnc3C3CC3)nc3cccnc23)cc1. The van der Waals surface area contributed by atoms with Crippen molar-refractivity contribution in [3.8, 4) is 34.5 Å². The fourth-order valence-electron chi connectivity index (χ4n) is 4.46. The van der Waals surface area contributed by atoms with E-state index in [1.165, 1.54) is 25.6 Å². The normalized spacial score (nSPS) is 13.8. The van der Waals surface area contributed by atoms with Crippen LogP contribution < -0.4 is 9.47 Å². The molecule has 0 spiro atoms. The highest BCUT2D eigenvalue weighted by Crippen LogP contribution is 2.45. The number of rotatable bonds is 8. The number of nitrogens with zero attached hydrogens (tertiary/aromatic N) is 7. The number of halogens is 3. The summed E-state index contributed by atoms with van der Waals surface area (Å²) in [4.78, 5) is 26.0. The lowest BCUT2D eigenvalue weighted by Crippen LogP contribution is -2.34. The Bertz CT molecular complexity index is 1770. The van der Waals surface area contributed by atoms with Crippen molar-refractivity contribution in [1.82, 2.24) is 34.5 Å². The van der Waals surface area contributed by atoms with Gasteiger partial charge in [-0.15, -0.1) is 0 Å². The van der Waals surface area contributed by atoms with Gasteiger partial charge in [-0.25, -0.2) is 24.9 Å². The smallest absolute Gasteiger partial charge is 0.434 e. The molecule has 1 aliphatic rings. The van der Waals surface area contributed by atoms with Crippen LogP contribution in [-0.2, 0) is 18.3 Å². The van der Waals surface area contributed by atoms with Gasteiger partial charge in [0.15, 0.2) is 17.0 Å². The van der Waals surface area contributed by atoms with E-state index in [4.69, 9.17) is 25.2 Å². The van der Waals surface area contributed by atoms with E-state index in [0.717, 1.165) is 18.5 Å². The van der Waals surface area contributed by atoms with Gasteiger partial charge >= 0.3 is 6.18 Å². The number of ether oxygens (including phenoxy) is 2. The van der Waals surface area contributed by atoms with Crippen LogP contribution in [0.2, 0.25) is 0 Å². The molecule has 4 heterocycles. The Morgan fingerprint density at radius 2 is 1.76 bits per heavy atom. The minimum Gasteiger partial charge on any atom is -0.480 e. The van der Waals surface area contributed by atoms with Gasteiger partial charge in [-0.1, -0.05) is 24.3 Å². The number of hydrogen-bond acceptors (Lipinski definition) is 9. The van der Waals surface area contributed by atoms with E-state index < -0.39 is 17.4 Å². The van der Waals surface area contributed by atoms with E-state index in [-0.39, 0.29) is 29.8 Å². The van der Waals surface area contributed by atoms with Gasteiger partial charge in [0.2, 0.25) is 11.8 Å². The minimum absolute atomic E-state index is 0.0419. The first kappa shape index (κ1) is 27.6. The predicted octanol–water partition coefficient (Wildman–Crippen LogP) is 3.73. The molecule has 1 fully saturated rings. The second-order valence-corrected chi connectivity index (χ2v) is 9.73. The largest absolute Gasteiger partial charge is 0.480 e. The summed E-state index contributed by atoms with van der Waals surface area (Å²) in [5.74, 6) is 0.914. The molecule has 0 aliphatic heterocycles. The van der Waals surface area contributed by atoms with Gasteiger partial charge in [0.25, 0.3) is 0 Å². The van der Waals surface area contributed by atoms with E-state index in [9.17, 15) is 18.3 Å². The minimum atomic E-state index is -4.76. The highest BCUT2D eigenvalue weighted by molar-refractivity contribution is 6.36. The molecule has 4 radical (unpaired) electrons. The molecule has 1 aromatic carbocycles. The molecule has 1 saturated carbocycles.